The third-order valence-electron chi connectivity index (χ3n) is 3.20. The van der Waals surface area contributed by atoms with Gasteiger partial charge in [0.1, 0.15) is 12.1 Å². The van der Waals surface area contributed by atoms with Crippen LogP contribution in [0, 0.1) is 11.7 Å². The highest BCUT2D eigenvalue weighted by atomic mass is 19.1. The molecule has 1 fully saturated rings. The zero-order valence-electron chi connectivity index (χ0n) is 9.61. The van der Waals surface area contributed by atoms with Crippen LogP contribution in [0.3, 0.4) is 0 Å². The largest absolute Gasteiger partial charge is 0.366 e. The molecular weight excluding hydrogens is 205 g/mol. The number of anilines is 1. The average Bonchev–Trinajstić information content (AvgIpc) is 2.57. The van der Waals surface area contributed by atoms with E-state index in [0.717, 1.165) is 13.0 Å². The van der Waals surface area contributed by atoms with Crippen molar-refractivity contribution in [3.8, 4) is 0 Å². The summed E-state index contributed by atoms with van der Waals surface area (Å²) in [5, 5.41) is 0. The molecule has 0 spiro atoms. The average molecular weight is 221 g/mol. The molecule has 1 aromatic rings. The molecule has 0 amide bonds. The molecule has 0 aromatic heterocycles. The molecule has 2 atom stereocenters. The van der Waals surface area contributed by atoms with E-state index in [1.807, 2.05) is 0 Å². The molecule has 0 bridgehead atoms. The predicted octanol–water partition coefficient (Wildman–Crippen LogP) is 2.87. The molecule has 1 saturated heterocycles. The molecule has 0 saturated carbocycles. The maximum atomic E-state index is 13.8. The van der Waals surface area contributed by atoms with Gasteiger partial charge < -0.3 is 4.90 Å². The number of aldehydes is 1. The second kappa shape index (κ2) is 4.24. The number of hydrogen-bond acceptors (Lipinski definition) is 2. The van der Waals surface area contributed by atoms with Crippen LogP contribution in [0.4, 0.5) is 10.1 Å². The number of carbonyl (C=O) groups is 1. The van der Waals surface area contributed by atoms with Gasteiger partial charge in [-0.2, -0.15) is 0 Å². The van der Waals surface area contributed by atoms with Gasteiger partial charge in [0.05, 0.1) is 5.69 Å². The van der Waals surface area contributed by atoms with Crippen molar-refractivity contribution in [1.82, 2.24) is 0 Å². The van der Waals surface area contributed by atoms with Crippen molar-refractivity contribution in [3.63, 3.8) is 0 Å². The molecule has 0 N–H and O–H groups in total. The summed E-state index contributed by atoms with van der Waals surface area (Å²) >= 11 is 0. The van der Waals surface area contributed by atoms with Gasteiger partial charge in [-0.1, -0.05) is 6.92 Å². The number of carbonyl (C=O) groups excluding carboxylic acids is 1. The maximum Gasteiger partial charge on any atom is 0.150 e. The Kier molecular flexibility index (Phi) is 2.95. The minimum Gasteiger partial charge on any atom is -0.366 e. The third kappa shape index (κ3) is 1.94. The van der Waals surface area contributed by atoms with E-state index in [1.54, 1.807) is 12.1 Å². The van der Waals surface area contributed by atoms with E-state index in [2.05, 4.69) is 18.7 Å². The monoisotopic (exact) mass is 221 g/mol. The van der Waals surface area contributed by atoms with Gasteiger partial charge in [-0.05, 0) is 37.5 Å². The molecule has 16 heavy (non-hydrogen) atoms. The molecule has 86 valence electrons. The first-order valence-corrected chi connectivity index (χ1v) is 5.63. The van der Waals surface area contributed by atoms with Crippen molar-refractivity contribution >= 4 is 12.0 Å². The fraction of sp³-hybridized carbons (Fsp3) is 0.462. The van der Waals surface area contributed by atoms with Crippen molar-refractivity contribution in [1.29, 1.82) is 0 Å². The Morgan fingerprint density at radius 1 is 1.44 bits per heavy atom. The number of hydrogen-bond donors (Lipinski definition) is 0. The molecule has 2 unspecified atom stereocenters. The first kappa shape index (κ1) is 11.1. The van der Waals surface area contributed by atoms with Gasteiger partial charge in [-0.3, -0.25) is 4.79 Å². The van der Waals surface area contributed by atoms with Crippen molar-refractivity contribution in [2.45, 2.75) is 26.3 Å². The third-order valence-corrected chi connectivity index (χ3v) is 3.20. The van der Waals surface area contributed by atoms with Gasteiger partial charge in [0, 0.05) is 18.2 Å². The summed E-state index contributed by atoms with van der Waals surface area (Å²) in [6.07, 6.45) is 1.76. The molecular formula is C13H16FNO. The van der Waals surface area contributed by atoms with Crippen molar-refractivity contribution in [2.24, 2.45) is 5.92 Å². The molecule has 1 aliphatic heterocycles. The lowest BCUT2D eigenvalue weighted by Gasteiger charge is -2.24. The van der Waals surface area contributed by atoms with E-state index >= 15 is 0 Å². The highest BCUT2D eigenvalue weighted by molar-refractivity contribution is 5.76. The van der Waals surface area contributed by atoms with Crippen LogP contribution in [-0.4, -0.2) is 18.9 Å². The summed E-state index contributed by atoms with van der Waals surface area (Å²) < 4.78 is 13.8. The number of rotatable bonds is 2. The van der Waals surface area contributed by atoms with Crippen LogP contribution in [0.25, 0.3) is 0 Å². The van der Waals surface area contributed by atoms with E-state index in [1.165, 1.54) is 6.07 Å². The lowest BCUT2D eigenvalue weighted by Crippen LogP contribution is -2.27. The minimum atomic E-state index is -0.300. The van der Waals surface area contributed by atoms with Gasteiger partial charge in [0.15, 0.2) is 0 Å². The number of halogens is 1. The Labute approximate surface area is 95.1 Å². The van der Waals surface area contributed by atoms with Crippen LogP contribution in [-0.2, 0) is 0 Å². The minimum absolute atomic E-state index is 0.300. The first-order valence-electron chi connectivity index (χ1n) is 5.63. The van der Waals surface area contributed by atoms with Gasteiger partial charge in [-0.15, -0.1) is 0 Å². The van der Waals surface area contributed by atoms with E-state index in [0.29, 0.717) is 29.5 Å². The normalized spacial score (nSPS) is 24.8. The molecule has 0 radical (unpaired) electrons. The van der Waals surface area contributed by atoms with E-state index in [-0.39, 0.29) is 5.82 Å². The lowest BCUT2D eigenvalue weighted by atomic mass is 10.1. The second-order valence-corrected chi connectivity index (χ2v) is 4.67. The second-order valence-electron chi connectivity index (χ2n) is 4.67. The summed E-state index contributed by atoms with van der Waals surface area (Å²) in [5.74, 6) is 0.297. The highest BCUT2D eigenvalue weighted by Crippen LogP contribution is 2.30. The Balaban J connectivity index is 2.30. The summed E-state index contributed by atoms with van der Waals surface area (Å²) in [4.78, 5) is 12.6. The number of nitrogens with zero attached hydrogens (tertiary/aromatic N) is 1. The Bertz CT molecular complexity index is 405. The summed E-state index contributed by atoms with van der Waals surface area (Å²) in [6, 6.07) is 5.04. The fourth-order valence-corrected chi connectivity index (χ4v) is 2.46. The zero-order valence-corrected chi connectivity index (χ0v) is 9.61. The summed E-state index contributed by atoms with van der Waals surface area (Å²) in [5.41, 5.74) is 1.00. The van der Waals surface area contributed by atoms with E-state index in [9.17, 15) is 9.18 Å². The van der Waals surface area contributed by atoms with Crippen LogP contribution in [0.2, 0.25) is 0 Å². The predicted molar refractivity (Wildman–Crippen MR) is 62.4 cm³/mol. The molecule has 2 rings (SSSR count). The van der Waals surface area contributed by atoms with Crippen LogP contribution in [0.15, 0.2) is 18.2 Å². The Hall–Kier alpha value is -1.38. The topological polar surface area (TPSA) is 20.3 Å². The van der Waals surface area contributed by atoms with Gasteiger partial charge >= 0.3 is 0 Å². The fourth-order valence-electron chi connectivity index (χ4n) is 2.46. The number of benzene rings is 1. The molecule has 1 aromatic carbocycles. The van der Waals surface area contributed by atoms with Crippen molar-refractivity contribution < 1.29 is 9.18 Å². The lowest BCUT2D eigenvalue weighted by molar-refractivity contribution is 0.112. The Morgan fingerprint density at radius 2 is 2.19 bits per heavy atom. The standard InChI is InChI=1S/C13H16FNO/c1-9-5-10(2)15(7-9)13-4-3-11(8-16)6-12(13)14/h3-4,6,8-10H,5,7H2,1-2H3. The van der Waals surface area contributed by atoms with E-state index in [4.69, 9.17) is 0 Å². The van der Waals surface area contributed by atoms with Gasteiger partial charge in [0.25, 0.3) is 0 Å². The van der Waals surface area contributed by atoms with Crippen LogP contribution in [0.5, 0.6) is 0 Å². The zero-order chi connectivity index (χ0) is 11.7. The first-order chi connectivity index (χ1) is 7.61. The molecule has 1 aliphatic rings. The smallest absolute Gasteiger partial charge is 0.150 e. The van der Waals surface area contributed by atoms with Gasteiger partial charge in [0.2, 0.25) is 0 Å². The molecule has 3 heteroatoms. The molecule has 0 aliphatic carbocycles. The van der Waals surface area contributed by atoms with Crippen LogP contribution >= 0.6 is 0 Å². The maximum absolute atomic E-state index is 13.8. The van der Waals surface area contributed by atoms with E-state index < -0.39 is 0 Å². The summed E-state index contributed by atoms with van der Waals surface area (Å²) in [6.45, 7) is 5.17. The van der Waals surface area contributed by atoms with Crippen LogP contribution in [0.1, 0.15) is 30.6 Å². The highest BCUT2D eigenvalue weighted by Gasteiger charge is 2.27. The Morgan fingerprint density at radius 3 is 2.69 bits per heavy atom. The van der Waals surface area contributed by atoms with Crippen molar-refractivity contribution in [3.05, 3.63) is 29.6 Å². The van der Waals surface area contributed by atoms with Crippen LogP contribution < -0.4 is 4.90 Å². The SMILES string of the molecule is CC1CC(C)N(c2ccc(C=O)cc2F)C1. The van der Waals surface area contributed by atoms with Gasteiger partial charge in [-0.25, -0.2) is 4.39 Å². The molecule has 2 nitrogen and oxygen atoms in total. The quantitative estimate of drug-likeness (QED) is 0.716. The summed E-state index contributed by atoms with van der Waals surface area (Å²) in [7, 11) is 0. The van der Waals surface area contributed by atoms with Crippen molar-refractivity contribution in [2.75, 3.05) is 11.4 Å². The molecule has 1 heterocycles.